The maximum atomic E-state index is 12.7. The number of carbonyl (C=O) groups is 2. The highest BCUT2D eigenvalue weighted by molar-refractivity contribution is 9.09. The van der Waals surface area contributed by atoms with Gasteiger partial charge >= 0.3 is 18.5 Å². The zero-order chi connectivity index (χ0) is 15.4. The molecule has 0 saturated heterocycles. The second-order valence-electron chi connectivity index (χ2n) is 3.37. The largest absolute Gasteiger partial charge is 0.406 e. The van der Waals surface area contributed by atoms with Crippen LogP contribution >= 0.6 is 15.9 Å². The highest BCUT2D eigenvalue weighted by Gasteiger charge is 2.52. The number of nitrogens with zero attached hydrogens (tertiary/aromatic N) is 1. The summed E-state index contributed by atoms with van der Waals surface area (Å²) in [4.78, 5) is 21.2. The molecule has 0 spiro atoms. The number of rotatable bonds is 6. The van der Waals surface area contributed by atoms with Gasteiger partial charge < -0.3 is 4.90 Å². The van der Waals surface area contributed by atoms with Crippen molar-refractivity contribution < 1.29 is 40.3 Å². The minimum Gasteiger partial charge on any atom is -0.321 e. The van der Waals surface area contributed by atoms with E-state index in [1.807, 2.05) is 0 Å². The van der Waals surface area contributed by atoms with E-state index in [0.717, 1.165) is 0 Å². The molecular formula is C8H7BrF7NO2. The van der Waals surface area contributed by atoms with Gasteiger partial charge in [0.2, 0.25) is 0 Å². The van der Waals surface area contributed by atoms with Gasteiger partial charge in [-0.15, -0.1) is 0 Å². The smallest absolute Gasteiger partial charge is 0.321 e. The first-order valence-electron chi connectivity index (χ1n) is 4.51. The molecule has 11 heteroatoms. The average molecular weight is 362 g/mol. The lowest BCUT2D eigenvalue weighted by atomic mass is 10.2. The monoisotopic (exact) mass is 361 g/mol. The Bertz CT molecular complexity index is 344. The van der Waals surface area contributed by atoms with Crippen LogP contribution in [0.3, 0.4) is 0 Å². The molecule has 0 N–H and O–H groups in total. The van der Waals surface area contributed by atoms with Crippen molar-refractivity contribution in [3.63, 3.8) is 0 Å². The van der Waals surface area contributed by atoms with Crippen LogP contribution in [0, 0.1) is 0 Å². The number of halogens is 8. The first-order valence-corrected chi connectivity index (χ1v) is 5.63. The van der Waals surface area contributed by atoms with Gasteiger partial charge in [0.25, 0.3) is 5.91 Å². The molecule has 0 unspecified atom stereocenters. The Morgan fingerprint density at radius 3 is 1.89 bits per heavy atom. The van der Waals surface area contributed by atoms with Crippen LogP contribution in [0.25, 0.3) is 0 Å². The van der Waals surface area contributed by atoms with Crippen molar-refractivity contribution in [2.24, 2.45) is 0 Å². The molecule has 0 saturated carbocycles. The van der Waals surface area contributed by atoms with Gasteiger partial charge in [0.05, 0.1) is 11.9 Å². The third-order valence-corrected chi connectivity index (χ3v) is 2.36. The van der Waals surface area contributed by atoms with Gasteiger partial charge in [-0.1, -0.05) is 15.9 Å². The van der Waals surface area contributed by atoms with Crippen molar-refractivity contribution in [3.05, 3.63) is 0 Å². The lowest BCUT2D eigenvalue weighted by molar-refractivity contribution is -0.194. The second kappa shape index (κ2) is 6.53. The second-order valence-corrected chi connectivity index (χ2v) is 3.93. The van der Waals surface area contributed by atoms with Crippen LogP contribution in [0.1, 0.15) is 0 Å². The third kappa shape index (κ3) is 5.74. The molecule has 0 rings (SSSR count). The maximum Gasteiger partial charge on any atom is 0.406 e. The predicted molar refractivity (Wildman–Crippen MR) is 52.4 cm³/mol. The molecule has 0 aliphatic rings. The molecule has 19 heavy (non-hydrogen) atoms. The van der Waals surface area contributed by atoms with Crippen LogP contribution in [0.5, 0.6) is 0 Å². The normalized spacial score (nSPS) is 12.7. The molecule has 0 fully saturated rings. The van der Waals surface area contributed by atoms with Crippen LogP contribution in [0.15, 0.2) is 0 Å². The quantitative estimate of drug-likeness (QED) is 0.537. The predicted octanol–water partition coefficient (Wildman–Crippen LogP) is 2.24. The number of Topliss-reactive ketones (excluding diaryl/α,β-unsaturated/α-hetero) is 1. The Morgan fingerprint density at radius 2 is 1.58 bits per heavy atom. The molecular weight excluding hydrogens is 355 g/mol. The summed E-state index contributed by atoms with van der Waals surface area (Å²) in [5.74, 6) is -9.06. The van der Waals surface area contributed by atoms with Gasteiger partial charge in [-0.05, 0) is 0 Å². The van der Waals surface area contributed by atoms with Gasteiger partial charge in [0.1, 0.15) is 6.54 Å². The van der Waals surface area contributed by atoms with E-state index in [0.29, 0.717) is 0 Å². The molecule has 1 amide bonds. The maximum absolute atomic E-state index is 12.7. The number of amides is 1. The Hall–Kier alpha value is -0.870. The fraction of sp³-hybridized carbons (Fsp3) is 0.750. The average Bonchev–Trinajstić information content (AvgIpc) is 2.24. The summed E-state index contributed by atoms with van der Waals surface area (Å²) in [6.45, 7) is -3.56. The zero-order valence-electron chi connectivity index (χ0n) is 8.99. The van der Waals surface area contributed by atoms with Crippen LogP contribution < -0.4 is 0 Å². The first kappa shape index (κ1) is 18.1. The lowest BCUT2D eigenvalue weighted by Crippen LogP contribution is -2.52. The molecule has 0 aromatic rings. The third-order valence-electron chi connectivity index (χ3n) is 1.73. The lowest BCUT2D eigenvalue weighted by Gasteiger charge is -2.26. The molecule has 0 aliphatic carbocycles. The zero-order valence-corrected chi connectivity index (χ0v) is 10.6. The fourth-order valence-electron chi connectivity index (χ4n) is 0.975. The van der Waals surface area contributed by atoms with E-state index < -0.39 is 53.5 Å². The van der Waals surface area contributed by atoms with Gasteiger partial charge in [-0.25, -0.2) is 8.78 Å². The summed E-state index contributed by atoms with van der Waals surface area (Å²) in [7, 11) is 0. The molecule has 0 aromatic heterocycles. The number of hydrogen-bond donors (Lipinski definition) is 0. The summed E-state index contributed by atoms with van der Waals surface area (Å²) in [6, 6.07) is 0. The van der Waals surface area contributed by atoms with Gasteiger partial charge in [-0.2, -0.15) is 22.0 Å². The molecule has 3 nitrogen and oxygen atoms in total. The fourth-order valence-corrected chi connectivity index (χ4v) is 1.15. The number of ketones is 1. The first-order chi connectivity index (χ1) is 8.41. The van der Waals surface area contributed by atoms with Crippen molar-refractivity contribution >= 4 is 27.6 Å². The molecule has 0 atom stereocenters. The molecule has 0 radical (unpaired) electrons. The van der Waals surface area contributed by atoms with E-state index in [4.69, 9.17) is 0 Å². The van der Waals surface area contributed by atoms with Crippen molar-refractivity contribution in [1.82, 2.24) is 4.90 Å². The van der Waals surface area contributed by atoms with Crippen molar-refractivity contribution in [3.8, 4) is 0 Å². The van der Waals surface area contributed by atoms with E-state index in [2.05, 4.69) is 15.9 Å². The topological polar surface area (TPSA) is 37.4 Å². The number of alkyl halides is 8. The molecule has 0 aromatic carbocycles. The number of carbonyl (C=O) groups excluding carboxylic acids is 2. The van der Waals surface area contributed by atoms with Crippen molar-refractivity contribution in [1.29, 1.82) is 0 Å². The molecule has 0 aliphatic heterocycles. The van der Waals surface area contributed by atoms with E-state index >= 15 is 0 Å². The van der Waals surface area contributed by atoms with E-state index in [-0.39, 0.29) is 0 Å². The van der Waals surface area contributed by atoms with Crippen LogP contribution in [-0.2, 0) is 9.59 Å². The number of hydrogen-bond acceptors (Lipinski definition) is 2. The molecule has 0 bridgehead atoms. The van der Waals surface area contributed by atoms with Gasteiger partial charge in [-0.3, -0.25) is 9.59 Å². The van der Waals surface area contributed by atoms with Crippen molar-refractivity contribution in [2.45, 2.75) is 18.5 Å². The van der Waals surface area contributed by atoms with E-state index in [1.54, 1.807) is 0 Å². The summed E-state index contributed by atoms with van der Waals surface area (Å²) >= 11 is 2.55. The molecule has 112 valence electrons. The summed E-state index contributed by atoms with van der Waals surface area (Å²) in [5, 5.41) is -0.505. The van der Waals surface area contributed by atoms with Crippen LogP contribution in [-0.4, -0.2) is 53.5 Å². The highest BCUT2D eigenvalue weighted by Crippen LogP contribution is 2.27. The Morgan fingerprint density at radius 1 is 1.11 bits per heavy atom. The summed E-state index contributed by atoms with van der Waals surface area (Å²) in [5.41, 5.74) is 0. The summed E-state index contributed by atoms with van der Waals surface area (Å²) in [6.07, 6.45) is -9.56. The van der Waals surface area contributed by atoms with Crippen molar-refractivity contribution in [2.75, 3.05) is 18.4 Å². The summed E-state index contributed by atoms with van der Waals surface area (Å²) < 4.78 is 85.4. The SMILES string of the molecule is O=C(CBr)CN(CC(F)(F)F)C(=O)C(F)(F)C(F)F. The van der Waals surface area contributed by atoms with E-state index in [9.17, 15) is 40.3 Å². The van der Waals surface area contributed by atoms with Crippen LogP contribution in [0.4, 0.5) is 30.7 Å². The Kier molecular flexibility index (Phi) is 6.23. The Balaban J connectivity index is 5.13. The minimum absolute atomic E-state index is 0.505. The van der Waals surface area contributed by atoms with E-state index in [1.165, 1.54) is 0 Å². The van der Waals surface area contributed by atoms with Gasteiger partial charge in [0.15, 0.2) is 5.78 Å². The standard InChI is InChI=1S/C8H7BrF7NO2/c9-1-4(18)2-17(3-7(12,13)14)6(19)8(15,16)5(10)11/h5H,1-3H2. The molecule has 0 heterocycles. The van der Waals surface area contributed by atoms with Crippen LogP contribution in [0.2, 0.25) is 0 Å². The Labute approximate surface area is 110 Å². The highest BCUT2D eigenvalue weighted by atomic mass is 79.9. The minimum atomic E-state index is -5.28. The van der Waals surface area contributed by atoms with Gasteiger partial charge in [0, 0.05) is 0 Å².